The summed E-state index contributed by atoms with van der Waals surface area (Å²) in [6.45, 7) is 3.57. The lowest BCUT2D eigenvalue weighted by Crippen LogP contribution is -2.49. The first-order valence-corrected chi connectivity index (χ1v) is 14.2. The summed E-state index contributed by atoms with van der Waals surface area (Å²) >= 11 is 6.04. The number of fused-ring (bicyclic) bond motifs is 4. The van der Waals surface area contributed by atoms with Gasteiger partial charge in [-0.05, 0) is 73.4 Å². The van der Waals surface area contributed by atoms with Gasteiger partial charge in [0.1, 0.15) is 11.6 Å². The molecule has 2 aliphatic heterocycles. The molecule has 4 aromatic rings. The van der Waals surface area contributed by atoms with E-state index in [2.05, 4.69) is 0 Å². The topological polar surface area (TPSA) is 107 Å². The van der Waals surface area contributed by atoms with Crippen LogP contribution in [0.1, 0.15) is 36.4 Å². The third-order valence-corrected chi connectivity index (χ3v) is 9.56. The molecule has 1 aliphatic carbocycles. The number of nitrogens with zero attached hydrogens (tertiary/aromatic N) is 4. The van der Waals surface area contributed by atoms with Gasteiger partial charge >= 0.3 is 11.4 Å². The first-order chi connectivity index (χ1) is 20.5. The van der Waals surface area contributed by atoms with Crippen LogP contribution in [0.15, 0.2) is 88.0 Å². The second kappa shape index (κ2) is 9.40. The van der Waals surface area contributed by atoms with Gasteiger partial charge in [0.2, 0.25) is 11.8 Å². The molecule has 3 aliphatic rings. The number of para-hydroxylation sites is 1. The molecular weight excluding hydrogens is 575 g/mol. The zero-order valence-corrected chi connectivity index (χ0v) is 24.0. The molecule has 3 heterocycles. The standard InChI is InChI=1S/C32H26ClFN4O5/c1-17-14-18(8-11-26(17)39)27-21-12-13-35-30(42)37(19-6-4-3-5-7-19)31(43)38(35)25(21)16-22-28(40)36(29(41)32(22,27)2)20-9-10-24(34)23(33)15-20/h3-12,14-15,22,25,27,39H,13,16H2,1-2H3/t22-,25+,27-,32+/m0/s1. The van der Waals surface area contributed by atoms with Crippen LogP contribution in [0.5, 0.6) is 5.75 Å². The van der Waals surface area contributed by atoms with E-state index in [1.165, 1.54) is 21.5 Å². The van der Waals surface area contributed by atoms with E-state index in [9.17, 15) is 28.7 Å². The van der Waals surface area contributed by atoms with Crippen LogP contribution in [0.2, 0.25) is 5.02 Å². The van der Waals surface area contributed by atoms with E-state index >= 15 is 0 Å². The molecule has 2 amide bonds. The van der Waals surface area contributed by atoms with Gasteiger partial charge < -0.3 is 5.11 Å². The lowest BCUT2D eigenvalue weighted by molar-refractivity contribution is -0.129. The van der Waals surface area contributed by atoms with Gasteiger partial charge in [-0.25, -0.2) is 32.8 Å². The van der Waals surface area contributed by atoms with Crippen molar-refractivity contribution < 1.29 is 19.1 Å². The Morgan fingerprint density at radius 2 is 1.70 bits per heavy atom. The minimum absolute atomic E-state index is 0.0804. The second-order valence-electron chi connectivity index (χ2n) is 11.5. The number of hydrogen-bond acceptors (Lipinski definition) is 5. The van der Waals surface area contributed by atoms with Gasteiger partial charge in [0.05, 0.1) is 40.3 Å². The predicted molar refractivity (Wildman–Crippen MR) is 157 cm³/mol. The first-order valence-electron chi connectivity index (χ1n) is 13.9. The Morgan fingerprint density at radius 3 is 2.40 bits per heavy atom. The van der Waals surface area contributed by atoms with Crippen LogP contribution in [0.3, 0.4) is 0 Å². The fourth-order valence-electron chi connectivity index (χ4n) is 7.18. The number of carbonyl (C=O) groups is 2. The molecule has 9 nitrogen and oxygen atoms in total. The largest absolute Gasteiger partial charge is 0.508 e. The van der Waals surface area contributed by atoms with Crippen molar-refractivity contribution >= 4 is 29.1 Å². The van der Waals surface area contributed by atoms with Crippen LogP contribution in [0.4, 0.5) is 10.1 Å². The van der Waals surface area contributed by atoms with Crippen molar-refractivity contribution in [3.05, 3.63) is 121 Å². The summed E-state index contributed by atoms with van der Waals surface area (Å²) in [5.74, 6) is -3.14. The number of imide groups is 1. The van der Waals surface area contributed by atoms with Crippen molar-refractivity contribution in [2.75, 3.05) is 4.90 Å². The molecule has 43 heavy (non-hydrogen) atoms. The monoisotopic (exact) mass is 600 g/mol. The third kappa shape index (κ3) is 3.69. The van der Waals surface area contributed by atoms with Crippen LogP contribution in [0, 0.1) is 24.1 Å². The highest BCUT2D eigenvalue weighted by molar-refractivity contribution is 6.31. The zero-order chi connectivity index (χ0) is 30.4. The molecule has 218 valence electrons. The van der Waals surface area contributed by atoms with Crippen LogP contribution in [-0.2, 0) is 16.1 Å². The SMILES string of the molecule is Cc1cc([C@H]2C3=CCn4c(=O)n(-c5ccccc5)c(=O)n4[C@@H]3C[C@H]3C(=O)N(c4ccc(F)c(Cl)c4)C(=O)[C@@]23C)ccc1O. The number of allylic oxidation sites excluding steroid dienone is 2. The molecule has 3 aromatic carbocycles. The number of carbonyl (C=O) groups excluding carboxylic acids is 2. The van der Waals surface area contributed by atoms with Crippen LogP contribution < -0.4 is 16.3 Å². The van der Waals surface area contributed by atoms with Crippen LogP contribution in [-0.4, -0.2) is 30.9 Å². The maximum absolute atomic E-state index is 14.4. The quantitative estimate of drug-likeness (QED) is 0.276. The third-order valence-electron chi connectivity index (χ3n) is 9.27. The summed E-state index contributed by atoms with van der Waals surface area (Å²) in [4.78, 5) is 57.1. The Balaban J connectivity index is 1.44. The Labute approximate surface area is 249 Å². The van der Waals surface area contributed by atoms with Gasteiger partial charge in [-0.1, -0.05) is 48.0 Å². The van der Waals surface area contributed by atoms with Crippen molar-refractivity contribution in [3.63, 3.8) is 0 Å². The molecule has 0 spiro atoms. The number of aryl methyl sites for hydroxylation is 1. The summed E-state index contributed by atoms with van der Waals surface area (Å²) < 4.78 is 17.9. The zero-order valence-electron chi connectivity index (χ0n) is 23.2. The number of anilines is 1. The average Bonchev–Trinajstić information content (AvgIpc) is 3.36. The van der Waals surface area contributed by atoms with E-state index in [1.54, 1.807) is 62.4 Å². The molecule has 1 N–H and O–H groups in total. The predicted octanol–water partition coefficient (Wildman–Crippen LogP) is 4.47. The Kier molecular flexibility index (Phi) is 5.94. The average molecular weight is 601 g/mol. The lowest BCUT2D eigenvalue weighted by atomic mass is 9.56. The minimum Gasteiger partial charge on any atom is -0.508 e. The molecule has 11 heteroatoms. The molecule has 4 atom stereocenters. The number of halogens is 2. The summed E-state index contributed by atoms with van der Waals surface area (Å²) in [6.07, 6.45) is 1.95. The lowest BCUT2D eigenvalue weighted by Gasteiger charge is -2.47. The molecule has 0 bridgehead atoms. The van der Waals surface area contributed by atoms with Gasteiger partial charge in [-0.15, -0.1) is 0 Å². The Bertz CT molecular complexity index is 2010. The molecule has 0 radical (unpaired) electrons. The number of aromatic nitrogens is 3. The summed E-state index contributed by atoms with van der Waals surface area (Å²) in [5.41, 5.74) is 0.229. The highest BCUT2D eigenvalue weighted by atomic mass is 35.5. The van der Waals surface area contributed by atoms with E-state index in [4.69, 9.17) is 11.6 Å². The number of phenolic OH excluding ortho intramolecular Hbond substituents is 1. The van der Waals surface area contributed by atoms with Gasteiger partial charge in [-0.3, -0.25) is 9.59 Å². The molecule has 1 saturated heterocycles. The number of phenols is 1. The molecule has 0 unspecified atom stereocenters. The van der Waals surface area contributed by atoms with Crippen molar-refractivity contribution in [1.29, 1.82) is 0 Å². The second-order valence-corrected chi connectivity index (χ2v) is 11.9. The number of aromatic hydroxyl groups is 1. The molecule has 1 saturated carbocycles. The van der Waals surface area contributed by atoms with Crippen LogP contribution in [0.25, 0.3) is 5.69 Å². The minimum atomic E-state index is -1.29. The first kappa shape index (κ1) is 27.2. The summed E-state index contributed by atoms with van der Waals surface area (Å²) in [6, 6.07) is 16.6. The van der Waals surface area contributed by atoms with E-state index in [-0.39, 0.29) is 29.4 Å². The molecule has 2 fully saturated rings. The van der Waals surface area contributed by atoms with E-state index in [1.807, 2.05) is 6.08 Å². The summed E-state index contributed by atoms with van der Waals surface area (Å²) in [5, 5.41) is 10.1. The van der Waals surface area contributed by atoms with Gasteiger partial charge in [-0.2, -0.15) is 0 Å². The van der Waals surface area contributed by atoms with Gasteiger partial charge in [0.15, 0.2) is 0 Å². The van der Waals surface area contributed by atoms with E-state index in [0.29, 0.717) is 16.8 Å². The van der Waals surface area contributed by atoms with Crippen LogP contribution >= 0.6 is 11.6 Å². The molecule has 1 aromatic heterocycles. The highest BCUT2D eigenvalue weighted by Crippen LogP contribution is 2.61. The van der Waals surface area contributed by atoms with E-state index in [0.717, 1.165) is 21.1 Å². The van der Waals surface area contributed by atoms with Crippen molar-refractivity contribution in [3.8, 4) is 11.4 Å². The fraction of sp³-hybridized carbons (Fsp3) is 0.250. The maximum Gasteiger partial charge on any atom is 0.352 e. The maximum atomic E-state index is 14.4. The Morgan fingerprint density at radius 1 is 0.953 bits per heavy atom. The summed E-state index contributed by atoms with van der Waals surface area (Å²) in [7, 11) is 0. The number of rotatable bonds is 3. The van der Waals surface area contributed by atoms with Gasteiger partial charge in [0.25, 0.3) is 0 Å². The highest BCUT2D eigenvalue weighted by Gasteiger charge is 2.65. The smallest absolute Gasteiger partial charge is 0.352 e. The Hall–Kier alpha value is -4.70. The molecule has 7 rings (SSSR count). The van der Waals surface area contributed by atoms with Gasteiger partial charge in [0, 0.05) is 5.92 Å². The van der Waals surface area contributed by atoms with Crippen molar-refractivity contribution in [2.45, 2.75) is 38.8 Å². The number of benzene rings is 3. The fourth-order valence-corrected chi connectivity index (χ4v) is 7.36. The number of amides is 2. The molecular formula is C32H26ClFN4O5. The van der Waals surface area contributed by atoms with E-state index < -0.39 is 52.3 Å². The van der Waals surface area contributed by atoms with Crippen molar-refractivity contribution in [2.24, 2.45) is 11.3 Å². The number of hydrogen-bond donors (Lipinski definition) is 1. The van der Waals surface area contributed by atoms with Crippen molar-refractivity contribution in [1.82, 2.24) is 13.9 Å². The normalized spacial score (nSPS) is 24.4.